The largest absolute Gasteiger partial charge is 0.198 e. The molecule has 29 heavy (non-hydrogen) atoms. The van der Waals surface area contributed by atoms with E-state index < -0.39 is 16.1 Å². The molecule has 0 aliphatic carbocycles. The molecule has 0 aromatic carbocycles. The molecule has 0 fully saturated rings. The maximum Gasteiger partial charge on any atom is 0.147 e. The average Bonchev–Trinajstić information content (AvgIpc) is 2.61. The van der Waals surface area contributed by atoms with Crippen LogP contribution in [0.5, 0.6) is 0 Å². The highest BCUT2D eigenvalue weighted by Crippen LogP contribution is 2.40. The summed E-state index contributed by atoms with van der Waals surface area (Å²) >= 11 is 0. The molecule has 0 saturated heterocycles. The number of hydrogen-bond acceptors (Lipinski definition) is 1. The van der Waals surface area contributed by atoms with Crippen molar-refractivity contribution >= 4 is 16.1 Å². The number of nitriles is 1. The summed E-state index contributed by atoms with van der Waals surface area (Å²) in [6.45, 7) is 18.4. The Balaban J connectivity index is 4.56. The summed E-state index contributed by atoms with van der Waals surface area (Å²) < 4.78 is 0. The van der Waals surface area contributed by atoms with E-state index >= 15 is 0 Å². The highest BCUT2D eigenvalue weighted by molar-refractivity contribution is 6.90. The predicted molar refractivity (Wildman–Crippen MR) is 133 cm³/mol. The lowest BCUT2D eigenvalue weighted by atomic mass is 10.2. The molecule has 0 N–H and O–H groups in total. The lowest BCUT2D eigenvalue weighted by molar-refractivity contribution is 0.838. The number of unbranched alkanes of at least 4 members (excludes halogenated alkanes) is 3. The predicted octanol–water partition coefficient (Wildman–Crippen LogP) is 6.94. The minimum atomic E-state index is -1.66. The van der Waals surface area contributed by atoms with Crippen LogP contribution >= 0.6 is 0 Å². The molecule has 0 aromatic heterocycles. The van der Waals surface area contributed by atoms with Crippen LogP contribution < -0.4 is 0 Å². The summed E-state index contributed by atoms with van der Waals surface area (Å²) in [6.07, 6.45) is 4.22. The van der Waals surface area contributed by atoms with E-state index in [4.69, 9.17) is 5.26 Å². The second-order valence-corrected chi connectivity index (χ2v) is 19.3. The van der Waals surface area contributed by atoms with Gasteiger partial charge in [0.05, 0.1) is 6.07 Å². The van der Waals surface area contributed by atoms with Crippen LogP contribution in [-0.4, -0.2) is 16.1 Å². The molecule has 0 amide bonds. The number of hydrogen-bond donors (Lipinski definition) is 0. The third-order valence-corrected chi connectivity index (χ3v) is 14.2. The quantitative estimate of drug-likeness (QED) is 0.236. The highest BCUT2D eigenvalue weighted by atomic mass is 28.3. The molecule has 0 spiro atoms. The van der Waals surface area contributed by atoms with E-state index in [0.717, 1.165) is 31.7 Å². The molecule has 0 heterocycles. The van der Waals surface area contributed by atoms with Crippen LogP contribution in [0.3, 0.4) is 0 Å². The molecule has 0 atom stereocenters. The molecule has 3 heteroatoms. The van der Waals surface area contributed by atoms with E-state index in [1.54, 1.807) is 0 Å². The maximum atomic E-state index is 8.62. The van der Waals surface area contributed by atoms with Gasteiger partial charge in [0.15, 0.2) is 0 Å². The van der Waals surface area contributed by atoms with E-state index in [1.165, 1.54) is 0 Å². The van der Waals surface area contributed by atoms with Gasteiger partial charge in [0.2, 0.25) is 0 Å². The van der Waals surface area contributed by atoms with Gasteiger partial charge in [0, 0.05) is 19.3 Å². The fraction of sp³-hybridized carbons (Fsp3) is 0.654. The van der Waals surface area contributed by atoms with E-state index in [2.05, 4.69) is 107 Å². The second kappa shape index (κ2) is 14.2. The van der Waals surface area contributed by atoms with Crippen molar-refractivity contribution < 1.29 is 0 Å². The van der Waals surface area contributed by atoms with Crippen LogP contribution in [0.25, 0.3) is 0 Å². The van der Waals surface area contributed by atoms with Crippen LogP contribution in [0, 0.1) is 57.9 Å². The second-order valence-electron chi connectivity index (χ2n) is 9.25. The molecular weight excluding hydrogens is 382 g/mol. The van der Waals surface area contributed by atoms with Gasteiger partial charge in [-0.1, -0.05) is 66.5 Å². The highest BCUT2D eigenvalue weighted by Gasteiger charge is 2.41. The minimum absolute atomic E-state index is 0.630. The monoisotopic (exact) mass is 421 g/mol. The van der Waals surface area contributed by atoms with Gasteiger partial charge in [-0.15, -0.1) is 11.1 Å². The molecule has 0 bridgehead atoms. The molecule has 0 aliphatic rings. The molecule has 0 saturated carbocycles. The normalized spacial score (nSPS) is 10.7. The van der Waals surface area contributed by atoms with Crippen molar-refractivity contribution in [2.24, 2.45) is 0 Å². The number of rotatable bonds is 8. The first-order valence-electron chi connectivity index (χ1n) is 11.0. The zero-order chi connectivity index (χ0) is 22.3. The summed E-state index contributed by atoms with van der Waals surface area (Å²) in [6, 6.07) is 3.27. The van der Waals surface area contributed by atoms with Gasteiger partial charge in [-0.3, -0.25) is 0 Å². The lowest BCUT2D eigenvalue weighted by Crippen LogP contribution is -2.43. The summed E-state index contributed by atoms with van der Waals surface area (Å²) in [4.78, 5) is 0. The molecule has 0 unspecified atom stereocenters. The van der Waals surface area contributed by atoms with Crippen LogP contribution in [0.4, 0.5) is 0 Å². The fourth-order valence-electron chi connectivity index (χ4n) is 3.92. The smallest absolute Gasteiger partial charge is 0.147 e. The average molecular weight is 422 g/mol. The summed E-state index contributed by atoms with van der Waals surface area (Å²) in [5.74, 6) is 18.6. The van der Waals surface area contributed by atoms with Crippen molar-refractivity contribution in [2.75, 3.05) is 0 Å². The molecule has 0 rings (SSSR count). The first-order valence-corrected chi connectivity index (χ1v) is 16.4. The Kier molecular flexibility index (Phi) is 13.3. The lowest BCUT2D eigenvalue weighted by Gasteiger charge is -2.37. The van der Waals surface area contributed by atoms with Gasteiger partial charge in [0.25, 0.3) is 0 Å². The molecule has 156 valence electrons. The van der Waals surface area contributed by atoms with Gasteiger partial charge < -0.3 is 0 Å². The van der Waals surface area contributed by atoms with E-state index in [1.807, 2.05) is 0 Å². The summed E-state index contributed by atoms with van der Waals surface area (Å²) in [7, 11) is -3.18. The van der Waals surface area contributed by atoms with Crippen molar-refractivity contribution in [3.63, 3.8) is 0 Å². The Morgan fingerprint density at radius 3 is 1.59 bits per heavy atom. The minimum Gasteiger partial charge on any atom is -0.198 e. The van der Waals surface area contributed by atoms with Crippen molar-refractivity contribution in [2.45, 2.75) is 109 Å². The van der Waals surface area contributed by atoms with Crippen molar-refractivity contribution in [3.05, 3.63) is 0 Å². The SMILES string of the molecule is CC(C)[Si](C#CC#CCCCC#CC#C[Si](C)(C)CCCC#N)(C(C)C)C(C)C. The Bertz CT molecular complexity index is 759. The number of nitrogens with zero attached hydrogens (tertiary/aromatic N) is 1. The van der Waals surface area contributed by atoms with Crippen LogP contribution in [-0.2, 0) is 0 Å². The molecular formula is C26H39NSi2. The molecule has 0 aromatic rings. The van der Waals surface area contributed by atoms with Crippen molar-refractivity contribution in [1.82, 2.24) is 0 Å². The van der Waals surface area contributed by atoms with E-state index in [0.29, 0.717) is 23.0 Å². The van der Waals surface area contributed by atoms with Gasteiger partial charge in [0.1, 0.15) is 16.1 Å². The van der Waals surface area contributed by atoms with Gasteiger partial charge in [-0.05, 0) is 59.2 Å². The Labute approximate surface area is 183 Å². The standard InChI is InChI=1S/C26H39NSi2/c1-24(2)29(25(3)4,26(5)6)23-18-15-13-11-9-10-12-14-17-21-28(7,8)22-19-16-20-27/h24-26H,9-11,16,19,22H2,1-8H3. The topological polar surface area (TPSA) is 23.8 Å². The van der Waals surface area contributed by atoms with Gasteiger partial charge in [-0.2, -0.15) is 5.26 Å². The first kappa shape index (κ1) is 27.2. The summed E-state index contributed by atoms with van der Waals surface area (Å²) in [5, 5.41) is 8.62. The van der Waals surface area contributed by atoms with Crippen molar-refractivity contribution in [1.29, 1.82) is 5.26 Å². The zero-order valence-corrected chi connectivity index (χ0v) is 21.9. The maximum absolute atomic E-state index is 8.62. The van der Waals surface area contributed by atoms with Crippen LogP contribution in [0.15, 0.2) is 0 Å². The summed E-state index contributed by atoms with van der Waals surface area (Å²) in [5.41, 5.74) is 8.92. The molecule has 0 radical (unpaired) electrons. The van der Waals surface area contributed by atoms with E-state index in [-0.39, 0.29) is 0 Å². The molecule has 0 aliphatic heterocycles. The van der Waals surface area contributed by atoms with E-state index in [9.17, 15) is 0 Å². The first-order chi connectivity index (χ1) is 13.6. The third-order valence-electron chi connectivity index (χ3n) is 5.54. The van der Waals surface area contributed by atoms with Crippen LogP contribution in [0.1, 0.15) is 73.6 Å². The zero-order valence-electron chi connectivity index (χ0n) is 19.9. The Hall–Kier alpha value is -1.84. The Morgan fingerprint density at radius 1 is 0.655 bits per heavy atom. The Morgan fingerprint density at radius 2 is 1.14 bits per heavy atom. The van der Waals surface area contributed by atoms with Gasteiger partial charge >= 0.3 is 0 Å². The third kappa shape index (κ3) is 10.5. The van der Waals surface area contributed by atoms with Gasteiger partial charge in [-0.25, -0.2) is 0 Å². The van der Waals surface area contributed by atoms with Crippen LogP contribution in [0.2, 0.25) is 35.8 Å². The van der Waals surface area contributed by atoms with Crippen molar-refractivity contribution in [3.8, 4) is 52.7 Å². The molecule has 1 nitrogen and oxygen atoms in total. The fourth-order valence-corrected chi connectivity index (χ4v) is 10.7.